The van der Waals surface area contributed by atoms with Gasteiger partial charge in [-0.05, 0) is 0 Å². The Morgan fingerprint density at radius 3 is 1.67 bits per heavy atom. The van der Waals surface area contributed by atoms with Crippen molar-refractivity contribution in [2.45, 2.75) is 12.2 Å². The molecule has 6 nitrogen and oxygen atoms in total. The Labute approximate surface area is 88.8 Å². The molecule has 0 aliphatic rings. The quantitative estimate of drug-likeness (QED) is 0.546. The van der Waals surface area contributed by atoms with Crippen LogP contribution < -0.4 is 0 Å². The Morgan fingerprint density at radius 2 is 1.40 bits per heavy atom. The van der Waals surface area contributed by atoms with Crippen molar-refractivity contribution in [1.29, 1.82) is 0 Å². The highest BCUT2D eigenvalue weighted by Crippen LogP contribution is 2.00. The Bertz CT molecular complexity index is 272. The van der Waals surface area contributed by atoms with Gasteiger partial charge in [0.1, 0.15) is 0 Å². The van der Waals surface area contributed by atoms with Gasteiger partial charge in [-0.3, -0.25) is 0 Å². The van der Waals surface area contributed by atoms with Crippen molar-refractivity contribution in [2.75, 3.05) is 13.2 Å². The zero-order chi connectivity index (χ0) is 11.9. The lowest BCUT2D eigenvalue weighted by atomic mass is 10.4. The van der Waals surface area contributed by atoms with Gasteiger partial charge >= 0.3 is 10.4 Å². The van der Waals surface area contributed by atoms with Gasteiger partial charge in [0, 0.05) is 0 Å². The number of hydrogen-bond donors (Lipinski definition) is 2. The minimum atomic E-state index is -4.21. The van der Waals surface area contributed by atoms with Crippen molar-refractivity contribution in [2.24, 2.45) is 0 Å². The van der Waals surface area contributed by atoms with E-state index in [2.05, 4.69) is 21.5 Å². The van der Waals surface area contributed by atoms with Crippen molar-refractivity contribution in [3.8, 4) is 0 Å². The highest BCUT2D eigenvalue weighted by molar-refractivity contribution is 7.81. The smallest absolute Gasteiger partial charge is 0.387 e. The molecule has 0 aliphatic heterocycles. The van der Waals surface area contributed by atoms with Crippen molar-refractivity contribution < 1.29 is 27.0 Å². The molecule has 0 aromatic heterocycles. The summed E-state index contributed by atoms with van der Waals surface area (Å²) in [4.78, 5) is 0. The Hall–Kier alpha value is -0.730. The van der Waals surface area contributed by atoms with Gasteiger partial charge in [0.25, 0.3) is 0 Å². The maximum Gasteiger partial charge on any atom is 0.400 e. The molecule has 0 amide bonds. The zero-order valence-corrected chi connectivity index (χ0v) is 8.89. The Kier molecular flexibility index (Phi) is 6.37. The first-order chi connectivity index (χ1) is 6.91. The second-order valence-electron chi connectivity index (χ2n) is 2.58. The molecule has 2 atom stereocenters. The molecule has 0 heterocycles. The van der Waals surface area contributed by atoms with Gasteiger partial charge in [0.15, 0.2) is 0 Å². The minimum Gasteiger partial charge on any atom is -0.387 e. The Morgan fingerprint density at radius 1 is 1.07 bits per heavy atom. The van der Waals surface area contributed by atoms with Crippen LogP contribution >= 0.6 is 0 Å². The van der Waals surface area contributed by atoms with Crippen LogP contribution in [0.5, 0.6) is 0 Å². The molecule has 0 bridgehead atoms. The molecule has 88 valence electrons. The van der Waals surface area contributed by atoms with Gasteiger partial charge in [0.05, 0.1) is 25.4 Å². The summed E-state index contributed by atoms with van der Waals surface area (Å²) in [5.74, 6) is 0. The summed E-state index contributed by atoms with van der Waals surface area (Å²) < 4.78 is 30.4. The maximum absolute atomic E-state index is 10.9. The standard InChI is InChI=1S/C8H14O6S/c1-3-7(9)5-13-15(11,12)14-6-8(10)4-2/h3-4,7-10H,1-2,5-6H2. The van der Waals surface area contributed by atoms with E-state index in [4.69, 9.17) is 10.2 Å². The van der Waals surface area contributed by atoms with E-state index in [0.717, 1.165) is 12.2 Å². The van der Waals surface area contributed by atoms with E-state index in [1.54, 1.807) is 0 Å². The third kappa shape index (κ3) is 7.23. The third-order valence-corrected chi connectivity index (χ3v) is 2.16. The molecule has 0 aliphatic carbocycles. The number of rotatable bonds is 8. The SMILES string of the molecule is C=CC(O)COS(=O)(=O)OCC(O)C=C. The largest absolute Gasteiger partial charge is 0.400 e. The predicted molar refractivity (Wildman–Crippen MR) is 53.2 cm³/mol. The highest BCUT2D eigenvalue weighted by atomic mass is 32.3. The van der Waals surface area contributed by atoms with E-state index in [0.29, 0.717) is 0 Å². The van der Waals surface area contributed by atoms with Gasteiger partial charge in [-0.1, -0.05) is 12.2 Å². The lowest BCUT2D eigenvalue weighted by Crippen LogP contribution is -2.22. The number of aliphatic hydroxyl groups is 2. The fraction of sp³-hybridized carbons (Fsp3) is 0.500. The van der Waals surface area contributed by atoms with Crippen LogP contribution in [-0.2, 0) is 18.8 Å². The molecular formula is C8H14O6S. The summed E-state index contributed by atoms with van der Waals surface area (Å²) in [5, 5.41) is 17.8. The normalized spacial score (nSPS) is 15.6. The minimum absolute atomic E-state index is 0.476. The first kappa shape index (κ1) is 14.3. The molecule has 2 N–H and O–H groups in total. The lowest BCUT2D eigenvalue weighted by molar-refractivity contribution is 0.105. The number of hydrogen-bond acceptors (Lipinski definition) is 6. The summed E-state index contributed by atoms with van der Waals surface area (Å²) in [6.45, 7) is 5.51. The second kappa shape index (κ2) is 6.70. The maximum atomic E-state index is 10.9. The lowest BCUT2D eigenvalue weighted by Gasteiger charge is -2.09. The Balaban J connectivity index is 3.97. The molecule has 0 saturated heterocycles. The zero-order valence-electron chi connectivity index (χ0n) is 8.07. The van der Waals surface area contributed by atoms with Crippen molar-refractivity contribution in [3.63, 3.8) is 0 Å². The third-order valence-electron chi connectivity index (χ3n) is 1.31. The fourth-order valence-electron chi connectivity index (χ4n) is 0.476. The van der Waals surface area contributed by atoms with Gasteiger partial charge in [-0.15, -0.1) is 13.2 Å². The molecule has 0 saturated carbocycles. The van der Waals surface area contributed by atoms with E-state index < -0.39 is 35.8 Å². The first-order valence-corrected chi connectivity index (χ1v) is 5.39. The molecule has 15 heavy (non-hydrogen) atoms. The molecular weight excluding hydrogens is 224 g/mol. The molecule has 0 rings (SSSR count). The van der Waals surface area contributed by atoms with Gasteiger partial charge < -0.3 is 10.2 Å². The van der Waals surface area contributed by atoms with Gasteiger partial charge in [-0.25, -0.2) is 8.37 Å². The van der Waals surface area contributed by atoms with Crippen LogP contribution in [0, 0.1) is 0 Å². The van der Waals surface area contributed by atoms with Crippen LogP contribution in [0.25, 0.3) is 0 Å². The van der Waals surface area contributed by atoms with Gasteiger partial charge in [-0.2, -0.15) is 8.42 Å². The molecule has 0 aromatic rings. The molecule has 0 spiro atoms. The van der Waals surface area contributed by atoms with E-state index in [-0.39, 0.29) is 0 Å². The molecule has 7 heteroatoms. The fourth-order valence-corrected chi connectivity index (χ4v) is 1.16. The van der Waals surface area contributed by atoms with Crippen molar-refractivity contribution in [3.05, 3.63) is 25.3 Å². The average molecular weight is 238 g/mol. The van der Waals surface area contributed by atoms with Gasteiger partial charge in [0.2, 0.25) is 0 Å². The van der Waals surface area contributed by atoms with Crippen LogP contribution in [0.4, 0.5) is 0 Å². The second-order valence-corrected chi connectivity index (χ2v) is 3.87. The monoisotopic (exact) mass is 238 g/mol. The first-order valence-electron chi connectivity index (χ1n) is 4.06. The van der Waals surface area contributed by atoms with E-state index >= 15 is 0 Å². The number of aliphatic hydroxyl groups excluding tert-OH is 2. The average Bonchev–Trinajstić information content (AvgIpc) is 2.22. The summed E-state index contributed by atoms with van der Waals surface area (Å²) in [5.41, 5.74) is 0. The van der Waals surface area contributed by atoms with E-state index in [1.807, 2.05) is 0 Å². The summed E-state index contributed by atoms with van der Waals surface area (Å²) in [6.07, 6.45) is 0.0581. The molecule has 0 fully saturated rings. The molecule has 0 aromatic carbocycles. The van der Waals surface area contributed by atoms with Crippen molar-refractivity contribution >= 4 is 10.4 Å². The van der Waals surface area contributed by atoms with E-state index in [1.165, 1.54) is 0 Å². The van der Waals surface area contributed by atoms with Crippen LogP contribution in [0.1, 0.15) is 0 Å². The predicted octanol–water partition coefficient (Wildman–Crippen LogP) is -0.642. The van der Waals surface area contributed by atoms with E-state index in [9.17, 15) is 8.42 Å². The summed E-state index contributed by atoms with van der Waals surface area (Å²) in [6, 6.07) is 0. The topological polar surface area (TPSA) is 93.1 Å². The van der Waals surface area contributed by atoms with Crippen LogP contribution in [0.15, 0.2) is 25.3 Å². The summed E-state index contributed by atoms with van der Waals surface area (Å²) in [7, 11) is -4.21. The summed E-state index contributed by atoms with van der Waals surface area (Å²) >= 11 is 0. The van der Waals surface area contributed by atoms with Crippen LogP contribution in [0.3, 0.4) is 0 Å². The highest BCUT2D eigenvalue weighted by Gasteiger charge is 2.15. The molecule has 0 radical (unpaired) electrons. The van der Waals surface area contributed by atoms with Crippen LogP contribution in [-0.4, -0.2) is 44.1 Å². The molecule has 2 unspecified atom stereocenters. The van der Waals surface area contributed by atoms with Crippen molar-refractivity contribution in [1.82, 2.24) is 0 Å². The van der Waals surface area contributed by atoms with Crippen LogP contribution in [0.2, 0.25) is 0 Å².